The SMILES string of the molecule is CCCCCCCCC(=O)OCC(O)CO.O=C1OC(=O)c2ccccc21. The van der Waals surface area contributed by atoms with Crippen LogP contribution in [0.1, 0.15) is 72.6 Å². The Kier molecular flexibility index (Phi) is 11.0. The van der Waals surface area contributed by atoms with Crippen LogP contribution >= 0.6 is 0 Å². The largest absolute Gasteiger partial charge is 0.463 e. The zero-order valence-electron chi connectivity index (χ0n) is 15.7. The fraction of sp³-hybridized carbons (Fsp3) is 0.550. The fourth-order valence-corrected chi connectivity index (χ4v) is 2.40. The van der Waals surface area contributed by atoms with E-state index in [0.717, 1.165) is 12.8 Å². The first-order chi connectivity index (χ1) is 13.0. The van der Waals surface area contributed by atoms with E-state index in [9.17, 15) is 14.4 Å². The molecule has 0 aromatic heterocycles. The minimum Gasteiger partial charge on any atom is -0.463 e. The lowest BCUT2D eigenvalue weighted by atomic mass is 10.1. The summed E-state index contributed by atoms with van der Waals surface area (Å²) >= 11 is 0. The van der Waals surface area contributed by atoms with Crippen molar-refractivity contribution in [1.82, 2.24) is 0 Å². The monoisotopic (exact) mass is 380 g/mol. The minimum absolute atomic E-state index is 0.106. The van der Waals surface area contributed by atoms with Crippen LogP contribution in [0.4, 0.5) is 0 Å². The van der Waals surface area contributed by atoms with Crippen LogP contribution in [0.5, 0.6) is 0 Å². The Labute approximate surface area is 159 Å². The van der Waals surface area contributed by atoms with E-state index in [2.05, 4.69) is 11.7 Å². The van der Waals surface area contributed by atoms with E-state index in [1.54, 1.807) is 24.3 Å². The van der Waals surface area contributed by atoms with Gasteiger partial charge in [-0.25, -0.2) is 9.59 Å². The number of benzene rings is 1. The topological polar surface area (TPSA) is 110 Å². The highest BCUT2D eigenvalue weighted by Gasteiger charge is 2.28. The van der Waals surface area contributed by atoms with Crippen molar-refractivity contribution in [2.45, 2.75) is 58.0 Å². The third-order valence-electron chi connectivity index (χ3n) is 3.93. The lowest BCUT2D eigenvalue weighted by Crippen LogP contribution is -2.21. The number of carbonyl (C=O) groups excluding carboxylic acids is 3. The number of hydrogen-bond acceptors (Lipinski definition) is 7. The van der Waals surface area contributed by atoms with E-state index in [4.69, 9.17) is 14.9 Å². The summed E-state index contributed by atoms with van der Waals surface area (Å²) in [6.07, 6.45) is 6.23. The van der Waals surface area contributed by atoms with Crippen molar-refractivity contribution in [3.8, 4) is 0 Å². The molecular formula is C20H28O7. The van der Waals surface area contributed by atoms with Gasteiger partial charge in [-0.2, -0.15) is 0 Å². The Balaban J connectivity index is 0.000000285. The maximum atomic E-state index is 11.1. The number of unbranched alkanes of at least 4 members (excludes halogenated alkanes) is 5. The van der Waals surface area contributed by atoms with Crippen LogP contribution in [-0.2, 0) is 14.3 Å². The van der Waals surface area contributed by atoms with Gasteiger partial charge >= 0.3 is 17.9 Å². The number of rotatable bonds is 10. The number of cyclic esters (lactones) is 2. The van der Waals surface area contributed by atoms with E-state index in [0.29, 0.717) is 17.5 Å². The number of carbonyl (C=O) groups is 3. The first-order valence-corrected chi connectivity index (χ1v) is 9.29. The maximum absolute atomic E-state index is 11.1. The van der Waals surface area contributed by atoms with E-state index >= 15 is 0 Å². The van der Waals surface area contributed by atoms with E-state index in [1.165, 1.54) is 25.7 Å². The Morgan fingerprint density at radius 3 is 2.15 bits per heavy atom. The average molecular weight is 380 g/mol. The average Bonchev–Trinajstić information content (AvgIpc) is 2.97. The summed E-state index contributed by atoms with van der Waals surface area (Å²) in [4.78, 5) is 32.8. The van der Waals surface area contributed by atoms with Gasteiger partial charge in [0, 0.05) is 6.42 Å². The van der Waals surface area contributed by atoms with E-state index < -0.39 is 18.0 Å². The molecule has 1 heterocycles. The van der Waals surface area contributed by atoms with Gasteiger partial charge in [0.1, 0.15) is 12.7 Å². The molecule has 2 rings (SSSR count). The summed E-state index contributed by atoms with van der Waals surface area (Å²) in [7, 11) is 0. The zero-order valence-corrected chi connectivity index (χ0v) is 15.7. The van der Waals surface area contributed by atoms with Gasteiger partial charge in [-0.1, -0.05) is 51.2 Å². The van der Waals surface area contributed by atoms with Crippen LogP contribution in [0, 0.1) is 0 Å². The van der Waals surface area contributed by atoms with Crippen molar-refractivity contribution in [3.63, 3.8) is 0 Å². The molecule has 0 saturated heterocycles. The molecule has 1 aromatic rings. The lowest BCUT2D eigenvalue weighted by molar-refractivity contribution is -0.147. The molecule has 0 aliphatic carbocycles. The zero-order chi connectivity index (χ0) is 20.1. The number of aliphatic hydroxyl groups is 2. The molecule has 1 aliphatic rings. The molecule has 0 amide bonds. The predicted molar refractivity (Wildman–Crippen MR) is 98.2 cm³/mol. The second kappa shape index (κ2) is 13.0. The molecule has 1 aromatic carbocycles. The molecule has 27 heavy (non-hydrogen) atoms. The molecule has 0 radical (unpaired) electrons. The molecule has 7 nitrogen and oxygen atoms in total. The van der Waals surface area contributed by atoms with Gasteiger partial charge in [-0.15, -0.1) is 0 Å². The van der Waals surface area contributed by atoms with Gasteiger partial charge in [0.2, 0.25) is 0 Å². The van der Waals surface area contributed by atoms with Crippen molar-refractivity contribution < 1.29 is 34.1 Å². The first kappa shape index (κ1) is 22.8. The Hall–Kier alpha value is -2.25. The number of aliphatic hydroxyl groups excluding tert-OH is 2. The number of ether oxygens (including phenoxy) is 2. The van der Waals surface area contributed by atoms with Crippen molar-refractivity contribution in [2.24, 2.45) is 0 Å². The molecule has 2 N–H and O–H groups in total. The second-order valence-electron chi connectivity index (χ2n) is 6.26. The quantitative estimate of drug-likeness (QED) is 0.365. The van der Waals surface area contributed by atoms with Gasteiger partial charge in [0.15, 0.2) is 0 Å². The summed E-state index contributed by atoms with van der Waals surface area (Å²) in [6.45, 7) is 1.69. The maximum Gasteiger partial charge on any atom is 0.346 e. The summed E-state index contributed by atoms with van der Waals surface area (Å²) in [5.74, 6) is -1.39. The summed E-state index contributed by atoms with van der Waals surface area (Å²) in [5, 5.41) is 17.5. The van der Waals surface area contributed by atoms with E-state index in [-0.39, 0.29) is 19.2 Å². The highest BCUT2D eigenvalue weighted by molar-refractivity contribution is 6.14. The van der Waals surface area contributed by atoms with E-state index in [1.807, 2.05) is 0 Å². The fourth-order valence-electron chi connectivity index (χ4n) is 2.40. The van der Waals surface area contributed by atoms with Crippen LogP contribution in [0.3, 0.4) is 0 Å². The van der Waals surface area contributed by atoms with Crippen molar-refractivity contribution in [2.75, 3.05) is 13.2 Å². The van der Waals surface area contributed by atoms with Gasteiger partial charge in [-0.3, -0.25) is 4.79 Å². The molecule has 0 spiro atoms. The number of fused-ring (bicyclic) bond motifs is 1. The van der Waals surface area contributed by atoms with Crippen molar-refractivity contribution in [3.05, 3.63) is 35.4 Å². The molecule has 1 aliphatic heterocycles. The lowest BCUT2D eigenvalue weighted by Gasteiger charge is -2.08. The van der Waals surface area contributed by atoms with Crippen LogP contribution in [-0.4, -0.2) is 47.4 Å². The Morgan fingerprint density at radius 2 is 1.59 bits per heavy atom. The molecule has 1 atom stereocenters. The standard InChI is InChI=1S/C12H24O4.C8H4O3/c1-2-3-4-5-6-7-8-12(15)16-10-11(14)9-13;9-7-5-3-1-2-4-6(5)8(10)11-7/h11,13-14H,2-10H2,1H3;1-4H. The Morgan fingerprint density at radius 1 is 1.04 bits per heavy atom. The summed E-state index contributed by atoms with van der Waals surface area (Å²) in [5.41, 5.74) is 0.718. The molecule has 7 heteroatoms. The van der Waals surface area contributed by atoms with Gasteiger partial charge in [0.25, 0.3) is 0 Å². The molecule has 1 unspecified atom stereocenters. The second-order valence-corrected chi connectivity index (χ2v) is 6.26. The number of esters is 3. The van der Waals surface area contributed by atoms with Crippen LogP contribution in [0.25, 0.3) is 0 Å². The van der Waals surface area contributed by atoms with Crippen molar-refractivity contribution >= 4 is 17.9 Å². The highest BCUT2D eigenvalue weighted by Crippen LogP contribution is 2.18. The third-order valence-corrected chi connectivity index (χ3v) is 3.93. The smallest absolute Gasteiger partial charge is 0.346 e. The van der Waals surface area contributed by atoms with Crippen LogP contribution in [0.2, 0.25) is 0 Å². The van der Waals surface area contributed by atoms with Crippen LogP contribution in [0.15, 0.2) is 24.3 Å². The molecule has 0 bridgehead atoms. The summed E-state index contributed by atoms with van der Waals surface area (Å²) in [6, 6.07) is 6.53. The number of hydrogen-bond donors (Lipinski definition) is 2. The third kappa shape index (κ3) is 8.79. The minimum atomic E-state index is -0.950. The summed E-state index contributed by atoms with van der Waals surface area (Å²) < 4.78 is 9.13. The van der Waals surface area contributed by atoms with Gasteiger partial charge < -0.3 is 19.7 Å². The predicted octanol–water partition coefficient (Wildman–Crippen LogP) is 2.63. The highest BCUT2D eigenvalue weighted by atomic mass is 16.6. The van der Waals surface area contributed by atoms with Crippen LogP contribution < -0.4 is 0 Å². The molecular weight excluding hydrogens is 352 g/mol. The van der Waals surface area contributed by atoms with Gasteiger partial charge in [0.05, 0.1) is 17.7 Å². The molecule has 0 fully saturated rings. The molecule has 0 saturated carbocycles. The molecule has 150 valence electrons. The first-order valence-electron chi connectivity index (χ1n) is 9.29. The normalized spacial score (nSPS) is 13.3. The van der Waals surface area contributed by atoms with Gasteiger partial charge in [-0.05, 0) is 18.6 Å². The van der Waals surface area contributed by atoms with Crippen molar-refractivity contribution in [1.29, 1.82) is 0 Å². The Bertz CT molecular complexity index is 579.